The number of rotatable bonds is 3. The lowest BCUT2D eigenvalue weighted by Crippen LogP contribution is -2.49. The van der Waals surface area contributed by atoms with Gasteiger partial charge >= 0.3 is 5.69 Å². The zero-order chi connectivity index (χ0) is 19.5. The molecule has 2 N–H and O–H groups in total. The quantitative estimate of drug-likeness (QED) is 0.804. The maximum Gasteiger partial charge on any atom is 0.335 e. The van der Waals surface area contributed by atoms with Crippen LogP contribution in [0.15, 0.2) is 38.8 Å². The first kappa shape index (κ1) is 17.5. The fraction of sp³-hybridized carbons (Fsp3) is 0.500. The fourth-order valence-electron chi connectivity index (χ4n) is 6.12. The third-order valence-corrected chi connectivity index (χ3v) is 6.95. The van der Waals surface area contributed by atoms with Crippen LogP contribution in [0.2, 0.25) is 0 Å². The first-order valence-electron chi connectivity index (χ1n) is 10.1. The fourth-order valence-corrected chi connectivity index (χ4v) is 6.12. The van der Waals surface area contributed by atoms with E-state index in [0.717, 1.165) is 47.1 Å². The third kappa shape index (κ3) is 2.74. The Bertz CT molecular complexity index is 1040. The van der Waals surface area contributed by atoms with Crippen LogP contribution in [0.4, 0.5) is 0 Å². The number of hydrogen-bond acceptors (Lipinski definition) is 4. The van der Waals surface area contributed by atoms with Crippen LogP contribution in [0.25, 0.3) is 5.69 Å². The first-order chi connectivity index (χ1) is 13.4. The summed E-state index contributed by atoms with van der Waals surface area (Å²) in [5.41, 5.74) is 0.0851. The second-order valence-electron chi connectivity index (χ2n) is 9.02. The summed E-state index contributed by atoms with van der Waals surface area (Å²) in [6, 6.07) is 7.26. The van der Waals surface area contributed by atoms with E-state index in [2.05, 4.69) is 4.98 Å². The molecule has 0 radical (unpaired) electrons. The average Bonchev–Trinajstić information content (AvgIpc) is 2.61. The topological polar surface area (TPSA) is 87.4 Å². The lowest BCUT2D eigenvalue weighted by molar-refractivity contribution is 0.00194. The zero-order valence-electron chi connectivity index (χ0n) is 16.0. The van der Waals surface area contributed by atoms with Crippen LogP contribution in [0.3, 0.4) is 0 Å². The van der Waals surface area contributed by atoms with Gasteiger partial charge in [-0.3, -0.25) is 14.8 Å². The van der Waals surface area contributed by atoms with E-state index in [0.29, 0.717) is 5.69 Å². The predicted octanol–water partition coefficient (Wildman–Crippen LogP) is 2.93. The van der Waals surface area contributed by atoms with Crippen LogP contribution >= 0.6 is 0 Å². The van der Waals surface area contributed by atoms with Gasteiger partial charge in [-0.1, -0.05) is 18.2 Å². The van der Waals surface area contributed by atoms with Crippen molar-refractivity contribution in [3.05, 3.63) is 56.2 Å². The summed E-state index contributed by atoms with van der Waals surface area (Å²) in [4.78, 5) is 32.0. The summed E-state index contributed by atoms with van der Waals surface area (Å²) in [6.45, 7) is 1.86. The SMILES string of the molecule is Cc1ccccc1-n1c(O)c(C=NC23CC4CC(CC(C4)C2)C3)c(=O)[nH]c1=O. The molecule has 4 fully saturated rings. The van der Waals surface area contributed by atoms with Gasteiger partial charge in [-0.05, 0) is 74.8 Å². The number of aliphatic imine (C=N–C) groups is 1. The van der Waals surface area contributed by atoms with E-state index in [1.54, 1.807) is 12.1 Å². The monoisotopic (exact) mass is 379 g/mol. The summed E-state index contributed by atoms with van der Waals surface area (Å²) >= 11 is 0. The number of aromatic amines is 1. The molecular weight excluding hydrogens is 354 g/mol. The van der Waals surface area contributed by atoms with Crippen LogP contribution in [0.1, 0.15) is 49.7 Å². The minimum absolute atomic E-state index is 0.0543. The standard InChI is InChI=1S/C22H25N3O3/c1-13-4-2-3-5-18(13)25-20(27)17(19(26)24-21(25)28)12-23-22-9-14-6-15(10-22)8-16(7-14)11-22/h2-5,12,14-16,27H,6-11H2,1H3,(H,24,26,28). The molecule has 146 valence electrons. The molecule has 4 aliphatic rings. The first-order valence-corrected chi connectivity index (χ1v) is 10.1. The van der Waals surface area contributed by atoms with Crippen LogP contribution in [-0.4, -0.2) is 26.4 Å². The van der Waals surface area contributed by atoms with E-state index in [1.807, 2.05) is 19.1 Å². The molecule has 4 saturated carbocycles. The Labute approximate surface area is 163 Å². The average molecular weight is 379 g/mol. The van der Waals surface area contributed by atoms with E-state index in [4.69, 9.17) is 4.99 Å². The lowest BCUT2D eigenvalue weighted by Gasteiger charge is -2.54. The van der Waals surface area contributed by atoms with Crippen molar-refractivity contribution < 1.29 is 5.11 Å². The van der Waals surface area contributed by atoms with E-state index in [9.17, 15) is 14.7 Å². The van der Waals surface area contributed by atoms with Gasteiger partial charge < -0.3 is 5.11 Å². The van der Waals surface area contributed by atoms with Crippen LogP contribution < -0.4 is 11.2 Å². The number of aromatic nitrogens is 2. The van der Waals surface area contributed by atoms with Crippen LogP contribution in [0.5, 0.6) is 5.88 Å². The highest BCUT2D eigenvalue weighted by molar-refractivity contribution is 5.82. The predicted molar refractivity (Wildman–Crippen MR) is 108 cm³/mol. The molecule has 6 heteroatoms. The number of para-hydroxylation sites is 1. The summed E-state index contributed by atoms with van der Waals surface area (Å²) < 4.78 is 1.15. The molecule has 0 amide bonds. The van der Waals surface area contributed by atoms with Crippen molar-refractivity contribution in [3.8, 4) is 11.6 Å². The van der Waals surface area contributed by atoms with Gasteiger partial charge in [0.15, 0.2) is 0 Å². The molecule has 4 bridgehead atoms. The van der Waals surface area contributed by atoms with Crippen molar-refractivity contribution in [2.75, 3.05) is 0 Å². The van der Waals surface area contributed by atoms with Gasteiger partial charge in [0.25, 0.3) is 5.56 Å². The van der Waals surface area contributed by atoms with Gasteiger partial charge in [-0.15, -0.1) is 0 Å². The van der Waals surface area contributed by atoms with Gasteiger partial charge in [-0.2, -0.15) is 0 Å². The molecule has 6 rings (SSSR count). The summed E-state index contributed by atoms with van der Waals surface area (Å²) in [6.07, 6.45) is 8.69. The molecule has 2 aromatic rings. The van der Waals surface area contributed by atoms with Crippen LogP contribution in [0, 0.1) is 24.7 Å². The van der Waals surface area contributed by atoms with Gasteiger partial charge in [0.2, 0.25) is 5.88 Å². The van der Waals surface area contributed by atoms with Crippen molar-refractivity contribution in [2.24, 2.45) is 22.7 Å². The number of hydrogen-bond donors (Lipinski definition) is 2. The van der Waals surface area contributed by atoms with Crippen molar-refractivity contribution in [1.29, 1.82) is 0 Å². The van der Waals surface area contributed by atoms with E-state index >= 15 is 0 Å². The molecule has 0 spiro atoms. The molecule has 6 nitrogen and oxygen atoms in total. The second kappa shape index (κ2) is 6.19. The normalized spacial score (nSPS) is 31.0. The Kier molecular flexibility index (Phi) is 3.86. The van der Waals surface area contributed by atoms with Gasteiger partial charge in [0, 0.05) is 6.21 Å². The smallest absolute Gasteiger partial charge is 0.335 e. The van der Waals surface area contributed by atoms with Gasteiger partial charge in [-0.25, -0.2) is 9.36 Å². The minimum atomic E-state index is -0.649. The molecule has 1 aromatic heterocycles. The molecule has 1 aromatic carbocycles. The Morgan fingerprint density at radius 3 is 2.32 bits per heavy atom. The molecular formula is C22H25N3O3. The summed E-state index contributed by atoms with van der Waals surface area (Å²) in [7, 11) is 0. The van der Waals surface area contributed by atoms with Crippen molar-refractivity contribution >= 4 is 6.21 Å². The molecule has 4 aliphatic carbocycles. The van der Waals surface area contributed by atoms with E-state index in [1.165, 1.54) is 25.5 Å². The highest BCUT2D eigenvalue weighted by atomic mass is 16.3. The molecule has 1 heterocycles. The third-order valence-electron chi connectivity index (χ3n) is 6.95. The largest absolute Gasteiger partial charge is 0.493 e. The maximum absolute atomic E-state index is 12.4. The molecule has 0 saturated heterocycles. The Morgan fingerprint density at radius 2 is 1.71 bits per heavy atom. The Morgan fingerprint density at radius 1 is 1.11 bits per heavy atom. The minimum Gasteiger partial charge on any atom is -0.493 e. The van der Waals surface area contributed by atoms with Gasteiger partial charge in [0.05, 0.1) is 11.2 Å². The molecule has 0 aliphatic heterocycles. The van der Waals surface area contributed by atoms with Crippen LogP contribution in [-0.2, 0) is 0 Å². The number of nitrogens with one attached hydrogen (secondary N) is 1. The van der Waals surface area contributed by atoms with E-state index < -0.39 is 11.2 Å². The lowest BCUT2D eigenvalue weighted by atomic mass is 9.53. The highest BCUT2D eigenvalue weighted by Crippen LogP contribution is 2.57. The van der Waals surface area contributed by atoms with Crippen molar-refractivity contribution in [3.63, 3.8) is 0 Å². The summed E-state index contributed by atoms with van der Waals surface area (Å²) in [5.74, 6) is 1.89. The second-order valence-corrected chi connectivity index (χ2v) is 9.02. The molecule has 0 unspecified atom stereocenters. The number of aromatic hydroxyl groups is 1. The van der Waals surface area contributed by atoms with E-state index in [-0.39, 0.29) is 17.0 Å². The van der Waals surface area contributed by atoms with Crippen molar-refractivity contribution in [1.82, 2.24) is 9.55 Å². The molecule has 0 atom stereocenters. The maximum atomic E-state index is 12.4. The zero-order valence-corrected chi connectivity index (χ0v) is 16.0. The van der Waals surface area contributed by atoms with Gasteiger partial charge in [0.1, 0.15) is 5.56 Å². The van der Waals surface area contributed by atoms with Crippen molar-refractivity contribution in [2.45, 2.75) is 51.0 Å². The highest BCUT2D eigenvalue weighted by Gasteiger charge is 2.50. The number of aryl methyl sites for hydroxylation is 1. The summed E-state index contributed by atoms with van der Waals surface area (Å²) in [5, 5.41) is 10.8. The Hall–Kier alpha value is -2.63. The Balaban J connectivity index is 1.57. The number of nitrogens with zero attached hydrogens (tertiary/aromatic N) is 2. The molecule has 28 heavy (non-hydrogen) atoms. The number of H-pyrrole nitrogens is 1. The number of benzene rings is 1.